The molecule has 0 unspecified atom stereocenters. The molecule has 1 fully saturated rings. The molecule has 1 saturated heterocycles. The van der Waals surface area contributed by atoms with Crippen LogP contribution < -0.4 is 4.90 Å². The maximum absolute atomic E-state index is 13.1. The molecule has 2 aromatic rings. The number of piperidine rings is 1. The molecule has 0 spiro atoms. The van der Waals surface area contributed by atoms with Crippen molar-refractivity contribution in [3.05, 3.63) is 60.2 Å². The second kappa shape index (κ2) is 7.60. The normalized spacial score (nSPS) is 18.5. The zero-order valence-electron chi connectivity index (χ0n) is 15.1. The zero-order valence-corrected chi connectivity index (χ0v) is 15.9. The second-order valence-corrected chi connectivity index (χ2v) is 8.56. The van der Waals surface area contributed by atoms with Crippen LogP contribution in [-0.2, 0) is 14.8 Å². The first-order chi connectivity index (χ1) is 12.4. The minimum Gasteiger partial charge on any atom is -0.314 e. The number of carbonyl (C=O) groups excluding carboxylic acids is 1. The van der Waals surface area contributed by atoms with Crippen LogP contribution in [0, 0.1) is 6.92 Å². The van der Waals surface area contributed by atoms with Gasteiger partial charge in [0.25, 0.3) is 0 Å². The van der Waals surface area contributed by atoms with Crippen molar-refractivity contribution < 1.29 is 13.2 Å². The predicted molar refractivity (Wildman–Crippen MR) is 103 cm³/mol. The first-order valence-corrected chi connectivity index (χ1v) is 10.3. The van der Waals surface area contributed by atoms with Gasteiger partial charge in [-0.3, -0.25) is 4.79 Å². The van der Waals surface area contributed by atoms with E-state index in [0.29, 0.717) is 13.0 Å². The molecule has 2 aromatic carbocycles. The number of anilines is 1. The molecular formula is C20H24N2O3S. The average Bonchev–Trinajstić information content (AvgIpc) is 2.68. The second-order valence-electron chi connectivity index (χ2n) is 6.67. The molecule has 5 nitrogen and oxygen atoms in total. The number of likely N-dealkylation sites (N-methyl/N-ethyl adjacent to an activating group) is 1. The van der Waals surface area contributed by atoms with Crippen molar-refractivity contribution in [2.45, 2.75) is 37.1 Å². The lowest BCUT2D eigenvalue weighted by Crippen LogP contribution is -2.52. The van der Waals surface area contributed by atoms with Crippen molar-refractivity contribution in [1.29, 1.82) is 0 Å². The molecule has 0 bridgehead atoms. The number of rotatable bonds is 4. The molecule has 1 atom stereocenters. The molecule has 1 heterocycles. The minimum atomic E-state index is -3.70. The number of hydrogen-bond acceptors (Lipinski definition) is 3. The van der Waals surface area contributed by atoms with Crippen LogP contribution >= 0.6 is 0 Å². The lowest BCUT2D eigenvalue weighted by molar-refractivity contribution is -0.122. The summed E-state index contributed by atoms with van der Waals surface area (Å²) in [6.45, 7) is 2.29. The van der Waals surface area contributed by atoms with E-state index in [2.05, 4.69) is 0 Å². The average molecular weight is 372 g/mol. The van der Waals surface area contributed by atoms with Crippen LogP contribution in [-0.4, -0.2) is 38.3 Å². The van der Waals surface area contributed by atoms with Crippen LogP contribution in [0.4, 0.5) is 5.69 Å². The first-order valence-electron chi connectivity index (χ1n) is 8.82. The topological polar surface area (TPSA) is 57.7 Å². The third-order valence-electron chi connectivity index (χ3n) is 4.84. The van der Waals surface area contributed by atoms with Gasteiger partial charge in [0.05, 0.1) is 4.90 Å². The summed E-state index contributed by atoms with van der Waals surface area (Å²) in [4.78, 5) is 14.9. The maximum Gasteiger partial charge on any atom is 0.245 e. The van der Waals surface area contributed by atoms with E-state index in [9.17, 15) is 13.2 Å². The quantitative estimate of drug-likeness (QED) is 0.828. The largest absolute Gasteiger partial charge is 0.314 e. The molecule has 1 aliphatic rings. The number of carbonyl (C=O) groups is 1. The summed E-state index contributed by atoms with van der Waals surface area (Å²) in [7, 11) is -2.01. The molecule has 0 N–H and O–H groups in total. The van der Waals surface area contributed by atoms with Gasteiger partial charge in [-0.05, 0) is 44.0 Å². The highest BCUT2D eigenvalue weighted by Crippen LogP contribution is 2.27. The molecule has 1 amide bonds. The predicted octanol–water partition coefficient (Wildman–Crippen LogP) is 3.20. The standard InChI is InChI=1S/C20H24N2O3S/c1-16-11-13-18(14-12-16)26(24,25)22-15-7-6-10-19(22)20(23)21(2)17-8-4-3-5-9-17/h3-5,8-9,11-14,19H,6-7,10,15H2,1-2H3/t19-/m0/s1. The van der Waals surface area contributed by atoms with E-state index in [1.54, 1.807) is 36.2 Å². The summed E-state index contributed by atoms with van der Waals surface area (Å²) in [6, 6.07) is 15.4. The van der Waals surface area contributed by atoms with Gasteiger partial charge in [0.1, 0.15) is 6.04 Å². The van der Waals surface area contributed by atoms with Gasteiger partial charge in [-0.25, -0.2) is 8.42 Å². The van der Waals surface area contributed by atoms with Crippen molar-refractivity contribution >= 4 is 21.6 Å². The highest BCUT2D eigenvalue weighted by atomic mass is 32.2. The number of sulfonamides is 1. The Hall–Kier alpha value is -2.18. The van der Waals surface area contributed by atoms with Gasteiger partial charge < -0.3 is 4.90 Å². The number of nitrogens with zero attached hydrogens (tertiary/aromatic N) is 2. The summed E-state index contributed by atoms with van der Waals surface area (Å²) in [5.74, 6) is -0.188. The molecule has 26 heavy (non-hydrogen) atoms. The van der Waals surface area contributed by atoms with Crippen LogP contribution in [0.25, 0.3) is 0 Å². The number of amides is 1. The minimum absolute atomic E-state index is 0.188. The van der Waals surface area contributed by atoms with Gasteiger partial charge in [-0.2, -0.15) is 4.31 Å². The lowest BCUT2D eigenvalue weighted by Gasteiger charge is -2.35. The first kappa shape index (κ1) is 18.6. The van der Waals surface area contributed by atoms with Crippen molar-refractivity contribution in [2.75, 3.05) is 18.5 Å². The molecule has 6 heteroatoms. The molecule has 1 aliphatic heterocycles. The van der Waals surface area contributed by atoms with Gasteiger partial charge in [0.15, 0.2) is 0 Å². The fourth-order valence-electron chi connectivity index (χ4n) is 3.29. The Morgan fingerprint density at radius 3 is 2.35 bits per heavy atom. The molecule has 0 radical (unpaired) electrons. The third-order valence-corrected chi connectivity index (χ3v) is 6.76. The Bertz CT molecular complexity index is 864. The summed E-state index contributed by atoms with van der Waals surface area (Å²) in [5, 5.41) is 0. The summed E-state index contributed by atoms with van der Waals surface area (Å²) in [6.07, 6.45) is 2.16. The van der Waals surface area contributed by atoms with Crippen molar-refractivity contribution in [3.8, 4) is 0 Å². The Kier molecular flexibility index (Phi) is 5.44. The summed E-state index contributed by atoms with van der Waals surface area (Å²) < 4.78 is 27.6. The zero-order chi connectivity index (χ0) is 18.7. The number of aryl methyl sites for hydroxylation is 1. The van der Waals surface area contributed by atoms with Crippen LogP contribution in [0.15, 0.2) is 59.5 Å². The maximum atomic E-state index is 13.1. The molecular weight excluding hydrogens is 348 g/mol. The Labute approximate surface area is 155 Å². The van der Waals surface area contributed by atoms with E-state index in [1.165, 1.54) is 4.31 Å². The molecule has 138 valence electrons. The van der Waals surface area contributed by atoms with Crippen molar-refractivity contribution in [3.63, 3.8) is 0 Å². The van der Waals surface area contributed by atoms with Crippen molar-refractivity contribution in [1.82, 2.24) is 4.31 Å². The Balaban J connectivity index is 1.90. The van der Waals surface area contributed by atoms with E-state index in [4.69, 9.17) is 0 Å². The van der Waals surface area contributed by atoms with Crippen molar-refractivity contribution in [2.24, 2.45) is 0 Å². The van der Waals surface area contributed by atoms with Crippen LogP contribution in [0.2, 0.25) is 0 Å². The fraction of sp³-hybridized carbons (Fsp3) is 0.350. The van der Waals surface area contributed by atoms with Gasteiger partial charge in [0.2, 0.25) is 15.9 Å². The van der Waals surface area contributed by atoms with E-state index in [1.807, 2.05) is 37.3 Å². The molecule has 0 aliphatic carbocycles. The Morgan fingerprint density at radius 2 is 1.69 bits per heavy atom. The Morgan fingerprint density at radius 1 is 1.04 bits per heavy atom. The molecule has 0 aromatic heterocycles. The monoisotopic (exact) mass is 372 g/mol. The fourth-order valence-corrected chi connectivity index (χ4v) is 4.94. The number of para-hydroxylation sites is 1. The number of hydrogen-bond donors (Lipinski definition) is 0. The van der Waals surface area contributed by atoms with E-state index in [-0.39, 0.29) is 10.8 Å². The van der Waals surface area contributed by atoms with Gasteiger partial charge in [-0.15, -0.1) is 0 Å². The van der Waals surface area contributed by atoms with Gasteiger partial charge in [-0.1, -0.05) is 42.3 Å². The highest BCUT2D eigenvalue weighted by molar-refractivity contribution is 7.89. The van der Waals surface area contributed by atoms with E-state index < -0.39 is 16.1 Å². The molecule has 3 rings (SSSR count). The molecule has 0 saturated carbocycles. The van der Waals surface area contributed by atoms with Crippen LogP contribution in [0.1, 0.15) is 24.8 Å². The summed E-state index contributed by atoms with van der Waals surface area (Å²) in [5.41, 5.74) is 1.76. The highest BCUT2D eigenvalue weighted by Gasteiger charge is 2.39. The summed E-state index contributed by atoms with van der Waals surface area (Å²) >= 11 is 0. The van der Waals surface area contributed by atoms with Crippen LogP contribution in [0.3, 0.4) is 0 Å². The third kappa shape index (κ3) is 3.66. The lowest BCUT2D eigenvalue weighted by atomic mass is 10.0. The number of benzene rings is 2. The van der Waals surface area contributed by atoms with Gasteiger partial charge in [0, 0.05) is 19.3 Å². The van der Waals surface area contributed by atoms with E-state index >= 15 is 0 Å². The SMILES string of the molecule is Cc1ccc(S(=O)(=O)N2CCCC[C@H]2C(=O)N(C)c2ccccc2)cc1. The van der Waals surface area contributed by atoms with E-state index in [0.717, 1.165) is 24.1 Å². The van der Waals surface area contributed by atoms with Crippen LogP contribution in [0.5, 0.6) is 0 Å². The smallest absolute Gasteiger partial charge is 0.245 e. The van der Waals surface area contributed by atoms with Gasteiger partial charge >= 0.3 is 0 Å².